The van der Waals surface area contributed by atoms with Gasteiger partial charge in [-0.1, -0.05) is 33.3 Å². The number of amides is 2. The second kappa shape index (κ2) is 11.3. The Morgan fingerprint density at radius 1 is 1.12 bits per heavy atom. The SMILES string of the molecule is CC(C)CCC(C)CN(C)C(=O)c1ccncc1NC(=O)c1csc(-c2c(F)cccc2F)n1. The number of aromatic nitrogens is 2. The van der Waals surface area contributed by atoms with Crippen LogP contribution in [0.15, 0.2) is 42.0 Å². The van der Waals surface area contributed by atoms with Gasteiger partial charge in [-0.3, -0.25) is 14.6 Å². The lowest BCUT2D eigenvalue weighted by atomic mass is 9.99. The first-order valence-electron chi connectivity index (χ1n) is 11.1. The van der Waals surface area contributed by atoms with Gasteiger partial charge in [0.1, 0.15) is 22.3 Å². The molecule has 0 radical (unpaired) electrons. The number of thiazole rings is 1. The van der Waals surface area contributed by atoms with Gasteiger partial charge in [0, 0.05) is 25.2 Å². The summed E-state index contributed by atoms with van der Waals surface area (Å²) in [5.74, 6) is -1.41. The van der Waals surface area contributed by atoms with Gasteiger partial charge in [0.05, 0.1) is 23.0 Å². The van der Waals surface area contributed by atoms with Crippen LogP contribution in [0.2, 0.25) is 0 Å². The Kier molecular flexibility index (Phi) is 8.44. The van der Waals surface area contributed by atoms with E-state index in [1.807, 2.05) is 0 Å². The second-order valence-electron chi connectivity index (χ2n) is 8.77. The number of carbonyl (C=O) groups excluding carboxylic acids is 2. The van der Waals surface area contributed by atoms with E-state index in [-0.39, 0.29) is 27.9 Å². The minimum Gasteiger partial charge on any atom is -0.341 e. The molecule has 2 amide bonds. The Bertz CT molecular complexity index is 1150. The van der Waals surface area contributed by atoms with Crippen LogP contribution in [0, 0.1) is 23.5 Å². The average molecular weight is 487 g/mol. The lowest BCUT2D eigenvalue weighted by Crippen LogP contribution is -2.32. The predicted octanol–water partition coefficient (Wildman–Crippen LogP) is 5.88. The molecule has 1 atom stereocenters. The molecule has 1 unspecified atom stereocenters. The molecule has 0 saturated heterocycles. The van der Waals surface area contributed by atoms with Gasteiger partial charge in [0.2, 0.25) is 0 Å². The number of anilines is 1. The van der Waals surface area contributed by atoms with Gasteiger partial charge < -0.3 is 10.2 Å². The van der Waals surface area contributed by atoms with E-state index < -0.39 is 17.5 Å². The summed E-state index contributed by atoms with van der Waals surface area (Å²) in [5.41, 5.74) is 0.251. The summed E-state index contributed by atoms with van der Waals surface area (Å²) in [5, 5.41) is 4.13. The third-order valence-electron chi connectivity index (χ3n) is 5.38. The molecular formula is C25H28F2N4O2S. The zero-order valence-electron chi connectivity index (χ0n) is 19.6. The summed E-state index contributed by atoms with van der Waals surface area (Å²) >= 11 is 0.956. The molecule has 34 heavy (non-hydrogen) atoms. The van der Waals surface area contributed by atoms with Crippen LogP contribution < -0.4 is 5.32 Å². The number of hydrogen-bond donors (Lipinski definition) is 1. The quantitative estimate of drug-likeness (QED) is 0.410. The predicted molar refractivity (Wildman–Crippen MR) is 130 cm³/mol. The van der Waals surface area contributed by atoms with Crippen LogP contribution >= 0.6 is 11.3 Å². The van der Waals surface area contributed by atoms with Crippen molar-refractivity contribution in [2.45, 2.75) is 33.6 Å². The van der Waals surface area contributed by atoms with Gasteiger partial charge in [0.25, 0.3) is 11.8 Å². The molecule has 3 rings (SSSR count). The molecule has 2 heterocycles. The van der Waals surface area contributed by atoms with Gasteiger partial charge >= 0.3 is 0 Å². The first-order valence-corrected chi connectivity index (χ1v) is 12.0. The van der Waals surface area contributed by atoms with Gasteiger partial charge in [-0.25, -0.2) is 13.8 Å². The Hall–Kier alpha value is -3.20. The van der Waals surface area contributed by atoms with E-state index >= 15 is 0 Å². The van der Waals surface area contributed by atoms with Crippen molar-refractivity contribution < 1.29 is 18.4 Å². The largest absolute Gasteiger partial charge is 0.341 e. The van der Waals surface area contributed by atoms with Gasteiger partial charge in [0.15, 0.2) is 0 Å². The van der Waals surface area contributed by atoms with Crippen LogP contribution in [0.3, 0.4) is 0 Å². The van der Waals surface area contributed by atoms with E-state index in [9.17, 15) is 18.4 Å². The molecule has 180 valence electrons. The highest BCUT2D eigenvalue weighted by Gasteiger charge is 2.21. The summed E-state index contributed by atoms with van der Waals surface area (Å²) in [6.07, 6.45) is 4.99. The summed E-state index contributed by atoms with van der Waals surface area (Å²) < 4.78 is 28.1. The molecule has 0 bridgehead atoms. The van der Waals surface area contributed by atoms with Crippen molar-refractivity contribution >= 4 is 28.8 Å². The number of hydrogen-bond acceptors (Lipinski definition) is 5. The number of nitrogens with one attached hydrogen (secondary N) is 1. The van der Waals surface area contributed by atoms with Gasteiger partial charge in [-0.2, -0.15) is 0 Å². The normalized spacial score (nSPS) is 12.0. The van der Waals surface area contributed by atoms with Crippen molar-refractivity contribution in [1.29, 1.82) is 0 Å². The summed E-state index contributed by atoms with van der Waals surface area (Å²) in [6, 6.07) is 5.08. The van der Waals surface area contributed by atoms with Crippen LogP contribution in [0.1, 0.15) is 54.5 Å². The zero-order valence-corrected chi connectivity index (χ0v) is 20.5. The van der Waals surface area contributed by atoms with E-state index in [1.165, 1.54) is 23.8 Å². The van der Waals surface area contributed by atoms with Crippen LogP contribution in [-0.4, -0.2) is 40.3 Å². The Morgan fingerprint density at radius 3 is 2.50 bits per heavy atom. The number of pyridine rings is 1. The maximum absolute atomic E-state index is 14.1. The molecule has 3 aromatic rings. The lowest BCUT2D eigenvalue weighted by Gasteiger charge is -2.23. The van der Waals surface area contributed by atoms with E-state index in [1.54, 1.807) is 18.0 Å². The standard InChI is InChI=1S/C25H28F2N4O2S/c1-15(2)8-9-16(3)13-31(4)25(33)17-10-11-28-12-20(17)29-23(32)21-14-34-24(30-21)22-18(26)6-5-7-19(22)27/h5-7,10-12,14-16H,8-9,13H2,1-4H3,(H,29,32). The van der Waals surface area contributed by atoms with Crippen LogP contribution in [0.25, 0.3) is 10.6 Å². The van der Waals surface area contributed by atoms with E-state index in [0.29, 0.717) is 23.9 Å². The molecule has 0 aliphatic heterocycles. The third kappa shape index (κ3) is 6.22. The molecule has 9 heteroatoms. The molecule has 1 N–H and O–H groups in total. The highest BCUT2D eigenvalue weighted by atomic mass is 32.1. The van der Waals surface area contributed by atoms with E-state index in [4.69, 9.17) is 0 Å². The van der Waals surface area contributed by atoms with Crippen molar-refractivity contribution in [1.82, 2.24) is 14.9 Å². The second-order valence-corrected chi connectivity index (χ2v) is 9.63. The van der Waals surface area contributed by atoms with Crippen molar-refractivity contribution in [3.63, 3.8) is 0 Å². The first-order chi connectivity index (χ1) is 16.2. The summed E-state index contributed by atoms with van der Waals surface area (Å²) in [6.45, 7) is 7.04. The summed E-state index contributed by atoms with van der Waals surface area (Å²) in [7, 11) is 1.73. The lowest BCUT2D eigenvalue weighted by molar-refractivity contribution is 0.0773. The number of halogens is 2. The molecule has 1 aromatic carbocycles. The third-order valence-corrected chi connectivity index (χ3v) is 6.24. The van der Waals surface area contributed by atoms with Crippen molar-refractivity contribution in [3.05, 3.63) is 64.9 Å². The zero-order chi connectivity index (χ0) is 24.8. The number of nitrogens with zero attached hydrogens (tertiary/aromatic N) is 3. The average Bonchev–Trinajstić information content (AvgIpc) is 3.27. The maximum Gasteiger partial charge on any atom is 0.275 e. The molecule has 0 fully saturated rings. The van der Waals surface area contributed by atoms with Gasteiger partial charge in [-0.15, -0.1) is 11.3 Å². The highest BCUT2D eigenvalue weighted by Crippen LogP contribution is 2.29. The Balaban J connectivity index is 1.73. The molecule has 2 aromatic heterocycles. The molecule has 6 nitrogen and oxygen atoms in total. The fraction of sp³-hybridized carbons (Fsp3) is 0.360. The fourth-order valence-electron chi connectivity index (χ4n) is 3.53. The molecule has 0 spiro atoms. The minimum atomic E-state index is -0.757. The van der Waals surface area contributed by atoms with E-state index in [0.717, 1.165) is 36.3 Å². The first kappa shape index (κ1) is 25.4. The van der Waals surface area contributed by atoms with Crippen molar-refractivity contribution in [2.24, 2.45) is 11.8 Å². The topological polar surface area (TPSA) is 75.2 Å². The molecule has 0 aliphatic carbocycles. The van der Waals surface area contributed by atoms with Crippen LogP contribution in [-0.2, 0) is 0 Å². The fourth-order valence-corrected chi connectivity index (χ4v) is 4.37. The molecular weight excluding hydrogens is 458 g/mol. The maximum atomic E-state index is 14.1. The Labute approximate surface area is 202 Å². The molecule has 0 aliphatic rings. The van der Waals surface area contributed by atoms with E-state index in [2.05, 4.69) is 36.1 Å². The van der Waals surface area contributed by atoms with Crippen LogP contribution in [0.4, 0.5) is 14.5 Å². The van der Waals surface area contributed by atoms with Crippen molar-refractivity contribution in [2.75, 3.05) is 18.9 Å². The van der Waals surface area contributed by atoms with Crippen molar-refractivity contribution in [3.8, 4) is 10.6 Å². The number of benzene rings is 1. The smallest absolute Gasteiger partial charge is 0.275 e. The number of carbonyl (C=O) groups is 2. The summed E-state index contributed by atoms with van der Waals surface area (Å²) in [4.78, 5) is 35.6. The number of rotatable bonds is 9. The molecule has 0 saturated carbocycles. The monoisotopic (exact) mass is 486 g/mol. The Morgan fingerprint density at radius 2 is 1.82 bits per heavy atom. The highest BCUT2D eigenvalue weighted by molar-refractivity contribution is 7.13. The van der Waals surface area contributed by atoms with Gasteiger partial charge in [-0.05, 0) is 36.5 Å². The van der Waals surface area contributed by atoms with Crippen LogP contribution in [0.5, 0.6) is 0 Å². The minimum absolute atomic E-state index is 0.0134.